The van der Waals surface area contributed by atoms with Gasteiger partial charge >= 0.3 is 50.3 Å². The normalized spacial score (nSPS) is 10.5. The van der Waals surface area contributed by atoms with Gasteiger partial charge in [0, 0.05) is 0 Å². The molecule has 0 bridgehead atoms. The molecule has 0 heterocycles. The molecule has 2 nitrogen and oxygen atoms in total. The predicted molar refractivity (Wildman–Crippen MR) is 214 cm³/mol. The predicted octanol–water partition coefficient (Wildman–Crippen LogP) is 9.00. The fraction of sp³-hybridized carbons (Fsp3) is 0.116. The van der Waals surface area contributed by atoms with Crippen molar-refractivity contribution in [3.8, 4) is 0 Å². The zero-order chi connectivity index (χ0) is 36.0. The van der Waals surface area contributed by atoms with Gasteiger partial charge in [0.05, 0.1) is 0 Å². The van der Waals surface area contributed by atoms with E-state index in [2.05, 4.69) is 202 Å². The molecule has 0 N–H and O–H groups in total. The second-order valence-electron chi connectivity index (χ2n) is 11.6. The van der Waals surface area contributed by atoms with Gasteiger partial charge < -0.3 is 0 Å². The number of benzene rings is 6. The van der Waals surface area contributed by atoms with Gasteiger partial charge in [-0.3, -0.25) is 0 Å². The summed E-state index contributed by atoms with van der Waals surface area (Å²) in [6, 6.07) is 67.7. The minimum absolute atomic E-state index is 0.0756. The Balaban J connectivity index is 0.00000107. The average molecular weight is 902 g/mol. The van der Waals surface area contributed by atoms with Crippen molar-refractivity contribution in [1.82, 2.24) is 0 Å². The first-order chi connectivity index (χ1) is 24.7. The number of rotatable bonds is 12. The molecule has 7 heteroatoms. The van der Waals surface area contributed by atoms with Crippen molar-refractivity contribution < 1.29 is 27.5 Å². The van der Waals surface area contributed by atoms with Crippen LogP contribution in [0.4, 0.5) is 0 Å². The minimum atomic E-state index is -0.555. The van der Waals surface area contributed by atoms with E-state index in [1.807, 2.05) is 0 Å². The van der Waals surface area contributed by atoms with Crippen molar-refractivity contribution in [2.45, 2.75) is 6.92 Å². The summed E-state index contributed by atoms with van der Waals surface area (Å²) < 4.78 is 15.0. The van der Waals surface area contributed by atoms with Crippen LogP contribution in [0.2, 0.25) is 0 Å². The van der Waals surface area contributed by atoms with Crippen LogP contribution in [0.5, 0.6) is 0 Å². The Bertz CT molecular complexity index is 1470. The fourth-order valence-corrected chi connectivity index (χ4v) is 14.6. The summed E-state index contributed by atoms with van der Waals surface area (Å²) in [7, 11) is 3.03. The number of hydrogen-bond acceptors (Lipinski definition) is 0. The summed E-state index contributed by atoms with van der Waals surface area (Å²) in [6.07, 6.45) is 3.44. The van der Waals surface area contributed by atoms with Gasteiger partial charge in [-0.15, -0.1) is 0 Å². The maximum atomic E-state index is 7.50. The van der Waals surface area contributed by atoms with Crippen LogP contribution in [-0.2, 0) is 27.5 Å². The third-order valence-electron chi connectivity index (χ3n) is 8.03. The molecule has 6 aromatic rings. The number of halogens is 1. The van der Waals surface area contributed by atoms with Gasteiger partial charge in [0.1, 0.15) is 0 Å². The van der Waals surface area contributed by atoms with Crippen molar-refractivity contribution in [2.24, 2.45) is 5.41 Å². The van der Waals surface area contributed by atoms with Crippen LogP contribution < -0.4 is 31.8 Å². The van der Waals surface area contributed by atoms with E-state index >= 15 is 0 Å². The van der Waals surface area contributed by atoms with Crippen molar-refractivity contribution in [1.29, 1.82) is 0 Å². The van der Waals surface area contributed by atoms with E-state index in [-0.39, 0.29) is 5.41 Å². The molecule has 0 aliphatic heterocycles. The Labute approximate surface area is 316 Å². The summed E-state index contributed by atoms with van der Waals surface area (Å²) in [5.41, 5.74) is 0.0756. The molecular formula is C43H39ClO2P3Re. The maximum absolute atomic E-state index is 7.50. The molecule has 0 spiro atoms. The van der Waals surface area contributed by atoms with Crippen molar-refractivity contribution in [2.75, 3.05) is 18.5 Å². The molecule has 252 valence electrons. The van der Waals surface area contributed by atoms with Crippen LogP contribution >= 0.6 is 33.3 Å². The molecule has 0 aliphatic carbocycles. The monoisotopic (exact) mass is 902 g/mol. The molecule has 0 unspecified atom stereocenters. The van der Waals surface area contributed by atoms with Crippen molar-refractivity contribution >= 4 is 65.1 Å². The van der Waals surface area contributed by atoms with E-state index in [4.69, 9.17) is 18.8 Å². The van der Waals surface area contributed by atoms with Crippen LogP contribution in [0.3, 0.4) is 0 Å². The topological polar surface area (TPSA) is 39.8 Å². The summed E-state index contributed by atoms with van der Waals surface area (Å²) >= 11 is 1.19. The number of hydrogen-bond donors (Lipinski definition) is 0. The molecule has 0 radical (unpaired) electrons. The first-order valence-corrected chi connectivity index (χ1v) is 23.8. The Morgan fingerprint density at radius 1 is 0.380 bits per heavy atom. The molecule has 0 aromatic heterocycles. The van der Waals surface area contributed by atoms with Gasteiger partial charge in [-0.05, 0) is 79.5 Å². The van der Waals surface area contributed by atoms with Gasteiger partial charge in [0.2, 0.25) is 0 Å². The van der Waals surface area contributed by atoms with E-state index < -0.39 is 23.8 Å². The molecule has 0 atom stereocenters. The first kappa shape index (κ1) is 41.5. The molecule has 6 aromatic carbocycles. The Morgan fingerprint density at radius 2 is 0.520 bits per heavy atom. The van der Waals surface area contributed by atoms with E-state index in [1.54, 1.807) is 0 Å². The Kier molecular flexibility index (Phi) is 19.5. The van der Waals surface area contributed by atoms with Crippen molar-refractivity contribution in [3.05, 3.63) is 195 Å². The first-order valence-electron chi connectivity index (χ1n) is 15.9. The van der Waals surface area contributed by atoms with E-state index in [1.165, 1.54) is 50.0 Å². The SMILES string of the molecule is CC(CP(c1ccccc1)c1ccccc1)(CP(c1ccccc1)c1ccccc1)CP(c1ccccc1)c1ccccc1.[C-]#[O+].[C-]#[O+].[Cl][Re]. The Morgan fingerprint density at radius 3 is 0.660 bits per heavy atom. The third-order valence-corrected chi connectivity index (χ3v) is 16.8. The summed E-state index contributed by atoms with van der Waals surface area (Å²) in [5.74, 6) is 0. The average Bonchev–Trinajstić information content (AvgIpc) is 3.22. The van der Waals surface area contributed by atoms with Gasteiger partial charge in [-0.2, -0.15) is 0 Å². The quantitative estimate of drug-likeness (QED) is 0.0669. The zero-order valence-corrected chi connectivity index (χ0v) is 34.0. The third kappa shape index (κ3) is 12.4. The van der Waals surface area contributed by atoms with Crippen LogP contribution in [-0.4, -0.2) is 18.5 Å². The second kappa shape index (κ2) is 23.5. The summed E-state index contributed by atoms with van der Waals surface area (Å²) in [5, 5.41) is 8.79. The molecular weight excluding hydrogens is 863 g/mol. The molecule has 0 saturated heterocycles. The fourth-order valence-electron chi connectivity index (χ4n) is 5.94. The van der Waals surface area contributed by atoms with Crippen LogP contribution in [0.1, 0.15) is 6.92 Å². The molecule has 6 rings (SSSR count). The van der Waals surface area contributed by atoms with Crippen molar-refractivity contribution in [3.63, 3.8) is 0 Å². The van der Waals surface area contributed by atoms with E-state index in [0.29, 0.717) is 0 Å². The Hall–Kier alpha value is -2.96. The van der Waals surface area contributed by atoms with Gasteiger partial charge in [-0.25, -0.2) is 0 Å². The summed E-state index contributed by atoms with van der Waals surface area (Å²) in [4.78, 5) is 0. The second-order valence-corrected chi connectivity index (χ2v) is 18.2. The van der Waals surface area contributed by atoms with Gasteiger partial charge in [0.25, 0.3) is 0 Å². The standard InChI is InChI=1S/C41H39P3.2CO.ClH.Re/c1-41(32-42(35-20-8-2-9-21-35)36-22-10-3-11-23-36,33-43(37-24-12-4-13-25-37)38-26-14-5-15-27-38)34-44(39-28-16-6-17-29-39)40-30-18-7-19-31-40;2*1-2;;/h2-31H,32-34H2,1H3;;;1H;/q;;;;+1/p-1. The van der Waals surface area contributed by atoms with Crippen LogP contribution in [0, 0.1) is 18.7 Å². The van der Waals surface area contributed by atoms with Crippen LogP contribution in [0.15, 0.2) is 182 Å². The zero-order valence-electron chi connectivity index (χ0n) is 27.9. The van der Waals surface area contributed by atoms with Gasteiger partial charge in [-0.1, -0.05) is 189 Å². The molecule has 0 aliphatic rings. The molecule has 0 amide bonds. The van der Waals surface area contributed by atoms with Crippen LogP contribution in [0.25, 0.3) is 0 Å². The van der Waals surface area contributed by atoms with E-state index in [0.717, 1.165) is 18.5 Å². The molecule has 0 fully saturated rings. The van der Waals surface area contributed by atoms with E-state index in [9.17, 15) is 0 Å². The molecule has 0 saturated carbocycles. The summed E-state index contributed by atoms with van der Waals surface area (Å²) in [6.45, 7) is 11.6. The molecule has 50 heavy (non-hydrogen) atoms. The van der Waals surface area contributed by atoms with Gasteiger partial charge in [0.15, 0.2) is 0 Å².